The first-order valence-electron chi connectivity index (χ1n) is 5.45. The highest BCUT2D eigenvalue weighted by Gasteiger charge is 2.11. The summed E-state index contributed by atoms with van der Waals surface area (Å²) in [7, 11) is 0. The van der Waals surface area contributed by atoms with E-state index in [0.29, 0.717) is 5.02 Å². The SMILES string of the molecule is NCC(O)c1ccccc1-c1ccc(Cl)cc1. The van der Waals surface area contributed by atoms with Crippen LogP contribution in [0.25, 0.3) is 11.1 Å². The van der Waals surface area contributed by atoms with Gasteiger partial charge in [0.2, 0.25) is 0 Å². The minimum atomic E-state index is -0.637. The summed E-state index contributed by atoms with van der Waals surface area (Å²) < 4.78 is 0. The predicted molar refractivity (Wildman–Crippen MR) is 70.9 cm³/mol. The molecule has 0 heterocycles. The molecule has 2 rings (SSSR count). The molecule has 2 aromatic carbocycles. The molecular weight excluding hydrogens is 234 g/mol. The molecule has 2 aromatic rings. The number of aliphatic hydroxyl groups is 1. The molecule has 0 aliphatic rings. The van der Waals surface area contributed by atoms with Crippen molar-refractivity contribution < 1.29 is 5.11 Å². The van der Waals surface area contributed by atoms with E-state index in [4.69, 9.17) is 17.3 Å². The van der Waals surface area contributed by atoms with Gasteiger partial charge < -0.3 is 10.8 Å². The Kier molecular flexibility index (Phi) is 3.79. The molecule has 1 unspecified atom stereocenters. The van der Waals surface area contributed by atoms with Crippen LogP contribution in [-0.4, -0.2) is 11.7 Å². The van der Waals surface area contributed by atoms with Crippen LogP contribution in [0, 0.1) is 0 Å². The summed E-state index contributed by atoms with van der Waals surface area (Å²) >= 11 is 5.86. The highest BCUT2D eigenvalue weighted by Crippen LogP contribution is 2.28. The van der Waals surface area contributed by atoms with Gasteiger partial charge in [0.05, 0.1) is 6.10 Å². The Morgan fingerprint density at radius 3 is 2.35 bits per heavy atom. The van der Waals surface area contributed by atoms with Crippen LogP contribution in [0.4, 0.5) is 0 Å². The largest absolute Gasteiger partial charge is 0.387 e. The summed E-state index contributed by atoms with van der Waals surface area (Å²) in [6.07, 6.45) is -0.637. The standard InChI is InChI=1S/C14H14ClNO/c15-11-7-5-10(6-8-11)12-3-1-2-4-13(12)14(17)9-16/h1-8,14,17H,9,16H2. The van der Waals surface area contributed by atoms with Crippen LogP contribution >= 0.6 is 11.6 Å². The van der Waals surface area contributed by atoms with Gasteiger partial charge in [-0.3, -0.25) is 0 Å². The van der Waals surface area contributed by atoms with E-state index < -0.39 is 6.10 Å². The highest BCUT2D eigenvalue weighted by atomic mass is 35.5. The molecule has 88 valence electrons. The Bertz CT molecular complexity index is 496. The predicted octanol–water partition coefficient (Wildman–Crippen LogP) is 3.00. The van der Waals surface area contributed by atoms with Crippen molar-refractivity contribution in [2.24, 2.45) is 5.73 Å². The summed E-state index contributed by atoms with van der Waals surface area (Å²) in [6, 6.07) is 15.2. The lowest BCUT2D eigenvalue weighted by Crippen LogP contribution is -2.12. The molecule has 0 fully saturated rings. The van der Waals surface area contributed by atoms with E-state index in [9.17, 15) is 5.11 Å². The smallest absolute Gasteiger partial charge is 0.0918 e. The molecule has 2 nitrogen and oxygen atoms in total. The fraction of sp³-hybridized carbons (Fsp3) is 0.143. The van der Waals surface area contributed by atoms with Gasteiger partial charge in [0, 0.05) is 11.6 Å². The molecule has 0 radical (unpaired) electrons. The van der Waals surface area contributed by atoms with E-state index >= 15 is 0 Å². The topological polar surface area (TPSA) is 46.2 Å². The van der Waals surface area contributed by atoms with Crippen molar-refractivity contribution in [3.05, 3.63) is 59.1 Å². The summed E-state index contributed by atoms with van der Waals surface area (Å²) in [5, 5.41) is 10.6. The monoisotopic (exact) mass is 247 g/mol. The van der Waals surface area contributed by atoms with Gasteiger partial charge in [0.25, 0.3) is 0 Å². The quantitative estimate of drug-likeness (QED) is 0.876. The van der Waals surface area contributed by atoms with Crippen LogP contribution < -0.4 is 5.73 Å². The fourth-order valence-corrected chi connectivity index (χ4v) is 1.93. The van der Waals surface area contributed by atoms with E-state index in [1.807, 2.05) is 48.5 Å². The van der Waals surface area contributed by atoms with Gasteiger partial charge in [0.15, 0.2) is 0 Å². The maximum atomic E-state index is 9.87. The van der Waals surface area contributed by atoms with E-state index in [2.05, 4.69) is 0 Å². The van der Waals surface area contributed by atoms with E-state index in [1.54, 1.807) is 0 Å². The Balaban J connectivity index is 2.48. The Morgan fingerprint density at radius 1 is 1.06 bits per heavy atom. The van der Waals surface area contributed by atoms with Crippen LogP contribution in [0.3, 0.4) is 0 Å². The van der Waals surface area contributed by atoms with E-state index in [0.717, 1.165) is 16.7 Å². The third-order valence-electron chi connectivity index (χ3n) is 2.70. The van der Waals surface area contributed by atoms with Crippen LogP contribution in [0.1, 0.15) is 11.7 Å². The minimum absolute atomic E-state index is 0.213. The lowest BCUT2D eigenvalue weighted by molar-refractivity contribution is 0.187. The third kappa shape index (κ3) is 2.67. The van der Waals surface area contributed by atoms with Crippen molar-refractivity contribution in [3.63, 3.8) is 0 Å². The maximum Gasteiger partial charge on any atom is 0.0918 e. The van der Waals surface area contributed by atoms with Crippen molar-refractivity contribution in [1.29, 1.82) is 0 Å². The molecule has 0 aliphatic carbocycles. The Morgan fingerprint density at radius 2 is 1.71 bits per heavy atom. The van der Waals surface area contributed by atoms with Crippen LogP contribution in [0.15, 0.2) is 48.5 Å². The molecular formula is C14H14ClNO. The van der Waals surface area contributed by atoms with Gasteiger partial charge in [-0.1, -0.05) is 48.0 Å². The van der Waals surface area contributed by atoms with E-state index in [1.165, 1.54) is 0 Å². The molecule has 17 heavy (non-hydrogen) atoms. The average Bonchev–Trinajstić information content (AvgIpc) is 2.39. The van der Waals surface area contributed by atoms with Crippen molar-refractivity contribution in [3.8, 4) is 11.1 Å². The zero-order valence-electron chi connectivity index (χ0n) is 9.31. The van der Waals surface area contributed by atoms with Crippen molar-refractivity contribution >= 4 is 11.6 Å². The minimum Gasteiger partial charge on any atom is -0.387 e. The molecule has 3 heteroatoms. The molecule has 0 bridgehead atoms. The molecule has 0 amide bonds. The lowest BCUT2D eigenvalue weighted by Gasteiger charge is -2.14. The van der Waals surface area contributed by atoms with Gasteiger partial charge in [-0.15, -0.1) is 0 Å². The Hall–Kier alpha value is -1.35. The number of hydrogen-bond donors (Lipinski definition) is 2. The van der Waals surface area contributed by atoms with E-state index in [-0.39, 0.29) is 6.54 Å². The first kappa shape index (κ1) is 12.1. The van der Waals surface area contributed by atoms with Crippen molar-refractivity contribution in [2.75, 3.05) is 6.54 Å². The molecule has 1 atom stereocenters. The maximum absolute atomic E-state index is 9.87. The first-order chi connectivity index (χ1) is 8.22. The number of benzene rings is 2. The molecule has 0 spiro atoms. The number of rotatable bonds is 3. The second kappa shape index (κ2) is 5.32. The molecule has 0 saturated carbocycles. The zero-order valence-corrected chi connectivity index (χ0v) is 10.1. The summed E-state index contributed by atoms with van der Waals surface area (Å²) in [5.74, 6) is 0. The normalized spacial score (nSPS) is 12.4. The summed E-state index contributed by atoms with van der Waals surface area (Å²) in [5.41, 5.74) is 8.36. The fourth-order valence-electron chi connectivity index (χ4n) is 1.81. The van der Waals surface area contributed by atoms with Crippen LogP contribution in [0.5, 0.6) is 0 Å². The Labute approximate surface area is 106 Å². The van der Waals surface area contributed by atoms with Gasteiger partial charge in [-0.2, -0.15) is 0 Å². The molecule has 0 aliphatic heterocycles. The average molecular weight is 248 g/mol. The van der Waals surface area contributed by atoms with Gasteiger partial charge in [-0.25, -0.2) is 0 Å². The van der Waals surface area contributed by atoms with Gasteiger partial charge in [-0.05, 0) is 28.8 Å². The van der Waals surface area contributed by atoms with Crippen molar-refractivity contribution in [1.82, 2.24) is 0 Å². The zero-order chi connectivity index (χ0) is 12.3. The molecule has 0 saturated heterocycles. The second-order valence-electron chi connectivity index (χ2n) is 3.85. The van der Waals surface area contributed by atoms with Crippen LogP contribution in [0.2, 0.25) is 5.02 Å². The molecule has 0 aromatic heterocycles. The highest BCUT2D eigenvalue weighted by molar-refractivity contribution is 6.30. The number of nitrogens with two attached hydrogens (primary N) is 1. The summed E-state index contributed by atoms with van der Waals surface area (Å²) in [6.45, 7) is 0.213. The number of aliphatic hydroxyl groups excluding tert-OH is 1. The first-order valence-corrected chi connectivity index (χ1v) is 5.83. The van der Waals surface area contributed by atoms with Gasteiger partial charge >= 0.3 is 0 Å². The van der Waals surface area contributed by atoms with Gasteiger partial charge in [0.1, 0.15) is 0 Å². The molecule has 3 N–H and O–H groups in total. The third-order valence-corrected chi connectivity index (χ3v) is 2.95. The number of hydrogen-bond acceptors (Lipinski definition) is 2. The number of halogens is 1. The lowest BCUT2D eigenvalue weighted by atomic mass is 9.96. The summed E-state index contributed by atoms with van der Waals surface area (Å²) in [4.78, 5) is 0. The van der Waals surface area contributed by atoms with Crippen molar-refractivity contribution in [2.45, 2.75) is 6.10 Å². The second-order valence-corrected chi connectivity index (χ2v) is 4.28. The van der Waals surface area contributed by atoms with Crippen LogP contribution in [-0.2, 0) is 0 Å².